The predicted molar refractivity (Wildman–Crippen MR) is 151 cm³/mol. The van der Waals surface area contributed by atoms with Crippen molar-refractivity contribution in [1.82, 2.24) is 9.80 Å². The number of likely N-dealkylation sites (N-methyl/N-ethyl adjacent to an activating group) is 1. The highest BCUT2D eigenvalue weighted by Gasteiger charge is 2.46. The van der Waals surface area contributed by atoms with Crippen molar-refractivity contribution in [2.24, 2.45) is 5.92 Å². The van der Waals surface area contributed by atoms with E-state index < -0.39 is 17.7 Å². The quantitative estimate of drug-likeness (QED) is 0.160. The van der Waals surface area contributed by atoms with E-state index in [9.17, 15) is 14.7 Å². The second kappa shape index (κ2) is 13.5. The molecule has 1 amide bonds. The monoisotopic (exact) mass is 522 g/mol. The van der Waals surface area contributed by atoms with Crippen molar-refractivity contribution < 1.29 is 24.2 Å². The molecule has 7 nitrogen and oxygen atoms in total. The van der Waals surface area contributed by atoms with Gasteiger partial charge in [-0.15, -0.1) is 0 Å². The number of aliphatic hydroxyl groups is 1. The molecule has 1 fully saturated rings. The van der Waals surface area contributed by atoms with Crippen molar-refractivity contribution in [1.29, 1.82) is 0 Å². The molecule has 1 atom stereocenters. The normalized spacial score (nSPS) is 17.1. The third-order valence-corrected chi connectivity index (χ3v) is 6.58. The van der Waals surface area contributed by atoms with Crippen LogP contribution in [0.15, 0.2) is 48.0 Å². The zero-order chi connectivity index (χ0) is 27.8. The van der Waals surface area contributed by atoms with Gasteiger partial charge < -0.3 is 24.4 Å². The molecule has 1 aliphatic rings. The fourth-order valence-corrected chi connectivity index (χ4v) is 4.45. The maximum atomic E-state index is 13.3. The molecular formula is C31H42N2O5. The van der Waals surface area contributed by atoms with Crippen LogP contribution < -0.4 is 9.47 Å². The molecule has 1 unspecified atom stereocenters. The molecule has 1 saturated heterocycles. The number of ketones is 1. The number of rotatable bonds is 13. The first-order valence-electron chi connectivity index (χ1n) is 13.5. The summed E-state index contributed by atoms with van der Waals surface area (Å²) in [5, 5.41) is 11.5. The Morgan fingerprint density at radius 2 is 1.71 bits per heavy atom. The van der Waals surface area contributed by atoms with E-state index in [0.717, 1.165) is 36.1 Å². The summed E-state index contributed by atoms with van der Waals surface area (Å²) in [6.45, 7) is 10.3. The summed E-state index contributed by atoms with van der Waals surface area (Å²) in [4.78, 5) is 30.0. The lowest BCUT2D eigenvalue weighted by molar-refractivity contribution is -0.140. The van der Waals surface area contributed by atoms with Crippen LogP contribution in [0.2, 0.25) is 0 Å². The van der Waals surface area contributed by atoms with Crippen molar-refractivity contribution in [3.05, 3.63) is 64.7 Å². The van der Waals surface area contributed by atoms with Gasteiger partial charge in [0.1, 0.15) is 17.3 Å². The Hall–Kier alpha value is -3.32. The molecule has 0 aliphatic carbocycles. The summed E-state index contributed by atoms with van der Waals surface area (Å²) in [6.07, 6.45) is 3.23. The molecule has 38 heavy (non-hydrogen) atoms. The number of carbonyl (C=O) groups excluding carboxylic acids is 2. The summed E-state index contributed by atoms with van der Waals surface area (Å²) in [5.41, 5.74) is 2.12. The molecule has 0 radical (unpaired) electrons. The largest absolute Gasteiger partial charge is 0.507 e. The van der Waals surface area contributed by atoms with Gasteiger partial charge in [0.2, 0.25) is 0 Å². The van der Waals surface area contributed by atoms with E-state index in [-0.39, 0.29) is 11.3 Å². The molecule has 7 heteroatoms. The number of ether oxygens (including phenoxy) is 2. The van der Waals surface area contributed by atoms with Gasteiger partial charge in [0.05, 0.1) is 24.8 Å². The van der Waals surface area contributed by atoms with Crippen molar-refractivity contribution in [3.8, 4) is 11.5 Å². The summed E-state index contributed by atoms with van der Waals surface area (Å²) >= 11 is 0. The van der Waals surface area contributed by atoms with Gasteiger partial charge in [-0.2, -0.15) is 0 Å². The summed E-state index contributed by atoms with van der Waals surface area (Å²) in [6, 6.07) is 12.2. The number of unbranched alkanes of at least 4 members (excludes halogenated alkanes) is 2. The zero-order valence-electron chi connectivity index (χ0n) is 23.6. The molecule has 0 spiro atoms. The van der Waals surface area contributed by atoms with E-state index in [1.807, 2.05) is 56.3 Å². The van der Waals surface area contributed by atoms with Gasteiger partial charge in [-0.3, -0.25) is 9.59 Å². The van der Waals surface area contributed by atoms with Crippen LogP contribution in [0.3, 0.4) is 0 Å². The molecule has 1 heterocycles. The molecule has 3 rings (SSSR count). The van der Waals surface area contributed by atoms with E-state index in [0.29, 0.717) is 43.5 Å². The highest BCUT2D eigenvalue weighted by Crippen LogP contribution is 2.40. The fraction of sp³-hybridized carbons (Fsp3) is 0.484. The molecule has 206 valence electrons. The van der Waals surface area contributed by atoms with Gasteiger partial charge in [-0.05, 0) is 74.8 Å². The SMILES string of the molecule is CCCCCOc1ccc(C2C(=C(O)c3ccc(OCC(C)C)cc3C)C(=O)C(=O)N2CCN(C)C)cc1. The lowest BCUT2D eigenvalue weighted by Crippen LogP contribution is -2.35. The van der Waals surface area contributed by atoms with Crippen LogP contribution in [0.4, 0.5) is 0 Å². The van der Waals surface area contributed by atoms with Crippen LogP contribution in [-0.4, -0.2) is 67.0 Å². The number of nitrogens with zero attached hydrogens (tertiary/aromatic N) is 2. The third kappa shape index (κ3) is 7.16. The van der Waals surface area contributed by atoms with Gasteiger partial charge in [-0.25, -0.2) is 0 Å². The average Bonchev–Trinajstić information content (AvgIpc) is 3.13. The zero-order valence-corrected chi connectivity index (χ0v) is 23.6. The minimum atomic E-state index is -0.694. The van der Waals surface area contributed by atoms with E-state index >= 15 is 0 Å². The van der Waals surface area contributed by atoms with Crippen molar-refractivity contribution in [2.75, 3.05) is 40.4 Å². The van der Waals surface area contributed by atoms with Crippen molar-refractivity contribution >= 4 is 17.4 Å². The van der Waals surface area contributed by atoms with Crippen LogP contribution in [-0.2, 0) is 9.59 Å². The predicted octanol–water partition coefficient (Wildman–Crippen LogP) is 5.58. The Morgan fingerprint density at radius 1 is 1.03 bits per heavy atom. The Balaban J connectivity index is 1.99. The highest BCUT2D eigenvalue weighted by molar-refractivity contribution is 6.46. The molecule has 2 aromatic carbocycles. The number of benzene rings is 2. The molecule has 2 aromatic rings. The summed E-state index contributed by atoms with van der Waals surface area (Å²) in [5.74, 6) is 0.370. The third-order valence-electron chi connectivity index (χ3n) is 6.58. The highest BCUT2D eigenvalue weighted by atomic mass is 16.5. The first-order valence-corrected chi connectivity index (χ1v) is 13.5. The van der Waals surface area contributed by atoms with Gasteiger partial charge >= 0.3 is 0 Å². The van der Waals surface area contributed by atoms with Crippen LogP contribution in [0, 0.1) is 12.8 Å². The number of aryl methyl sites for hydroxylation is 1. The first-order chi connectivity index (χ1) is 18.1. The van der Waals surface area contributed by atoms with Gasteiger partial charge in [0.25, 0.3) is 11.7 Å². The topological polar surface area (TPSA) is 79.3 Å². The van der Waals surface area contributed by atoms with Crippen LogP contribution in [0.25, 0.3) is 5.76 Å². The standard InChI is InChI=1S/C31H42N2O5/c1-7-8-9-18-37-24-12-10-23(11-13-24)28-27(30(35)31(36)33(28)17-16-32(5)6)29(34)26-15-14-25(19-22(26)4)38-20-21(2)3/h10-15,19,21,28,34H,7-9,16-18,20H2,1-6H3. The lowest BCUT2D eigenvalue weighted by Gasteiger charge is -2.27. The van der Waals surface area contributed by atoms with E-state index in [1.165, 1.54) is 0 Å². The van der Waals surface area contributed by atoms with Gasteiger partial charge in [0.15, 0.2) is 0 Å². The fourth-order valence-electron chi connectivity index (χ4n) is 4.45. The van der Waals surface area contributed by atoms with E-state index in [4.69, 9.17) is 9.47 Å². The number of carbonyl (C=O) groups is 2. The minimum absolute atomic E-state index is 0.101. The molecule has 0 aromatic heterocycles. The van der Waals surface area contributed by atoms with Crippen molar-refractivity contribution in [3.63, 3.8) is 0 Å². The average molecular weight is 523 g/mol. The molecular weight excluding hydrogens is 480 g/mol. The second-order valence-corrected chi connectivity index (χ2v) is 10.6. The van der Waals surface area contributed by atoms with Gasteiger partial charge in [0, 0.05) is 18.7 Å². The molecule has 0 saturated carbocycles. The molecule has 0 bridgehead atoms. The lowest BCUT2D eigenvalue weighted by atomic mass is 9.94. The maximum Gasteiger partial charge on any atom is 0.295 e. The Labute approximate surface area is 227 Å². The van der Waals surface area contributed by atoms with Crippen LogP contribution in [0.1, 0.15) is 62.8 Å². The number of hydrogen-bond donors (Lipinski definition) is 1. The number of likely N-dealkylation sites (tertiary alicyclic amines) is 1. The molecule has 1 aliphatic heterocycles. The van der Waals surface area contributed by atoms with E-state index in [2.05, 4.69) is 20.8 Å². The number of amides is 1. The first kappa shape index (κ1) is 29.2. The van der Waals surface area contributed by atoms with Crippen LogP contribution in [0.5, 0.6) is 11.5 Å². The van der Waals surface area contributed by atoms with Crippen molar-refractivity contribution in [2.45, 2.75) is 53.0 Å². The smallest absolute Gasteiger partial charge is 0.295 e. The van der Waals surface area contributed by atoms with Crippen LogP contribution >= 0.6 is 0 Å². The Kier molecular flexibility index (Phi) is 10.4. The summed E-state index contributed by atoms with van der Waals surface area (Å²) < 4.78 is 11.7. The molecule has 1 N–H and O–H groups in total. The number of hydrogen-bond acceptors (Lipinski definition) is 6. The van der Waals surface area contributed by atoms with Gasteiger partial charge in [-0.1, -0.05) is 45.7 Å². The maximum absolute atomic E-state index is 13.3. The number of aliphatic hydroxyl groups excluding tert-OH is 1. The summed E-state index contributed by atoms with van der Waals surface area (Å²) in [7, 11) is 3.84. The Morgan fingerprint density at radius 3 is 2.32 bits per heavy atom. The Bertz CT molecular complexity index is 1140. The van der Waals surface area contributed by atoms with E-state index in [1.54, 1.807) is 17.0 Å². The number of Topliss-reactive ketones (excluding diaryl/α,β-unsaturated/α-hetero) is 1. The second-order valence-electron chi connectivity index (χ2n) is 10.6. The minimum Gasteiger partial charge on any atom is -0.507 e.